The molecule has 1 saturated heterocycles. The summed E-state index contributed by atoms with van der Waals surface area (Å²) in [7, 11) is 0. The minimum atomic E-state index is -1.36. The fourth-order valence-electron chi connectivity index (χ4n) is 4.44. The quantitative estimate of drug-likeness (QED) is 0.322. The second kappa shape index (κ2) is 10.2. The number of aryl methyl sites for hydroxylation is 2. The lowest BCUT2D eigenvalue weighted by Gasteiger charge is -2.41. The van der Waals surface area contributed by atoms with Gasteiger partial charge in [0.15, 0.2) is 5.82 Å². The van der Waals surface area contributed by atoms with Crippen LogP contribution in [0.2, 0.25) is 5.02 Å². The number of ether oxygens (including phenoxy) is 1. The topological polar surface area (TPSA) is 131 Å². The summed E-state index contributed by atoms with van der Waals surface area (Å²) in [5.74, 6) is 0.222. The van der Waals surface area contributed by atoms with E-state index in [0.29, 0.717) is 32.3 Å². The van der Waals surface area contributed by atoms with Crippen LogP contribution in [-0.4, -0.2) is 70.0 Å². The van der Waals surface area contributed by atoms with Crippen molar-refractivity contribution in [2.75, 3.05) is 6.61 Å². The molecule has 37 heavy (non-hydrogen) atoms. The summed E-state index contributed by atoms with van der Waals surface area (Å²) in [6, 6.07) is 8.75. The molecule has 3 N–H and O–H groups in total. The number of rotatable bonds is 5. The smallest absolute Gasteiger partial charge is 0.164 e. The highest BCUT2D eigenvalue weighted by atomic mass is 79.9. The van der Waals surface area contributed by atoms with Gasteiger partial charge in [0.05, 0.1) is 23.0 Å². The van der Waals surface area contributed by atoms with Crippen molar-refractivity contribution in [3.05, 3.63) is 75.1 Å². The van der Waals surface area contributed by atoms with Crippen LogP contribution in [0.4, 0.5) is 4.39 Å². The van der Waals surface area contributed by atoms with Crippen molar-refractivity contribution in [3.8, 4) is 16.9 Å². The standard InChI is InChI=1S/C24H23BrClFN6O4/c1-11-3-5-14(26)8-18(11)33-24(28-12(2)30-33)23-22(36)20(21(35)19(10-34)37-23)32-9-17(29-31-32)13-4-6-15(25)16(27)7-13/h3-9,19-23,34-36H,10H2,1-2H3/t19-,20+,21+,22-,23-/m1/s1. The van der Waals surface area contributed by atoms with E-state index in [2.05, 4.69) is 36.3 Å². The normalized spacial score (nSPS) is 23.9. The lowest BCUT2D eigenvalue weighted by atomic mass is 9.92. The van der Waals surface area contributed by atoms with Crippen LogP contribution in [0.3, 0.4) is 0 Å². The van der Waals surface area contributed by atoms with E-state index < -0.39 is 42.9 Å². The van der Waals surface area contributed by atoms with Crippen LogP contribution in [0, 0.1) is 19.7 Å². The Morgan fingerprint density at radius 3 is 2.65 bits per heavy atom. The molecule has 2 aromatic carbocycles. The van der Waals surface area contributed by atoms with Crippen molar-refractivity contribution >= 4 is 27.5 Å². The number of aromatic nitrogens is 6. The van der Waals surface area contributed by atoms with E-state index in [1.165, 1.54) is 21.6 Å². The monoisotopic (exact) mass is 592 g/mol. The van der Waals surface area contributed by atoms with Gasteiger partial charge in [0.1, 0.15) is 47.8 Å². The molecule has 0 amide bonds. The fraction of sp³-hybridized carbons (Fsp3) is 0.333. The van der Waals surface area contributed by atoms with Crippen LogP contribution >= 0.6 is 27.5 Å². The molecule has 1 aliphatic rings. The van der Waals surface area contributed by atoms with Crippen molar-refractivity contribution in [1.29, 1.82) is 0 Å². The average molecular weight is 594 g/mol. The van der Waals surface area contributed by atoms with E-state index in [9.17, 15) is 19.7 Å². The van der Waals surface area contributed by atoms with Gasteiger partial charge in [0.25, 0.3) is 0 Å². The SMILES string of the molecule is Cc1nc([C@@H]2O[C@H](CO)[C@H](O)[C@H](n3cc(-c4ccc(Br)c(F)c4)nn3)[C@H]2O)n(-c2cc(Cl)ccc2C)n1. The van der Waals surface area contributed by atoms with Gasteiger partial charge in [0.2, 0.25) is 0 Å². The molecule has 0 aliphatic carbocycles. The molecule has 3 heterocycles. The molecule has 0 radical (unpaired) electrons. The second-order valence-electron chi connectivity index (χ2n) is 8.82. The highest BCUT2D eigenvalue weighted by Gasteiger charge is 2.48. The summed E-state index contributed by atoms with van der Waals surface area (Å²) < 4.78 is 23.1. The molecule has 10 nitrogen and oxygen atoms in total. The molecule has 0 unspecified atom stereocenters. The Labute approximate surface area is 224 Å². The zero-order chi connectivity index (χ0) is 26.4. The molecule has 0 bridgehead atoms. The van der Waals surface area contributed by atoms with Gasteiger partial charge in [-0.05, 0) is 59.6 Å². The maximum absolute atomic E-state index is 14.1. The van der Waals surface area contributed by atoms with Gasteiger partial charge in [-0.3, -0.25) is 0 Å². The molecule has 1 aliphatic heterocycles. The highest BCUT2D eigenvalue weighted by molar-refractivity contribution is 9.10. The maximum atomic E-state index is 14.1. The first-order valence-corrected chi connectivity index (χ1v) is 12.5. The summed E-state index contributed by atoms with van der Waals surface area (Å²) in [6.07, 6.45) is -3.37. The van der Waals surface area contributed by atoms with Gasteiger partial charge < -0.3 is 20.1 Å². The molecule has 2 aromatic heterocycles. The first-order chi connectivity index (χ1) is 17.7. The molecule has 4 aromatic rings. The second-order valence-corrected chi connectivity index (χ2v) is 10.1. The van der Waals surface area contributed by atoms with Crippen molar-refractivity contribution in [1.82, 2.24) is 29.8 Å². The summed E-state index contributed by atoms with van der Waals surface area (Å²) in [5, 5.41) is 45.6. The molecule has 0 saturated carbocycles. The highest BCUT2D eigenvalue weighted by Crippen LogP contribution is 2.39. The third-order valence-electron chi connectivity index (χ3n) is 6.32. The van der Waals surface area contributed by atoms with E-state index in [4.69, 9.17) is 16.3 Å². The molecule has 194 valence electrons. The zero-order valence-electron chi connectivity index (χ0n) is 19.7. The lowest BCUT2D eigenvalue weighted by Crippen LogP contribution is -2.53. The number of halogens is 3. The predicted molar refractivity (Wildman–Crippen MR) is 135 cm³/mol. The van der Waals surface area contributed by atoms with Crippen LogP contribution in [-0.2, 0) is 4.74 Å². The lowest BCUT2D eigenvalue weighted by molar-refractivity contribution is -0.210. The Kier molecular flexibility index (Phi) is 7.14. The Bertz CT molecular complexity index is 1450. The third kappa shape index (κ3) is 4.80. The van der Waals surface area contributed by atoms with Crippen molar-refractivity contribution < 1.29 is 24.4 Å². The van der Waals surface area contributed by atoms with Gasteiger partial charge in [-0.1, -0.05) is 28.9 Å². The fourth-order valence-corrected chi connectivity index (χ4v) is 4.85. The Morgan fingerprint density at radius 2 is 1.92 bits per heavy atom. The van der Waals surface area contributed by atoms with Gasteiger partial charge in [-0.25, -0.2) is 18.7 Å². The van der Waals surface area contributed by atoms with Gasteiger partial charge in [-0.15, -0.1) is 5.10 Å². The Balaban J connectivity index is 1.55. The predicted octanol–water partition coefficient (Wildman–Crippen LogP) is 3.09. The summed E-state index contributed by atoms with van der Waals surface area (Å²) in [6.45, 7) is 3.06. The number of aliphatic hydroxyl groups excluding tert-OH is 3. The average Bonchev–Trinajstić information content (AvgIpc) is 3.50. The number of nitrogens with zero attached hydrogens (tertiary/aromatic N) is 6. The van der Waals surface area contributed by atoms with E-state index >= 15 is 0 Å². The van der Waals surface area contributed by atoms with Gasteiger partial charge in [0, 0.05) is 10.6 Å². The maximum Gasteiger partial charge on any atom is 0.164 e. The van der Waals surface area contributed by atoms with E-state index in [-0.39, 0.29) is 5.82 Å². The minimum absolute atomic E-state index is 0.265. The molecular weight excluding hydrogens is 571 g/mol. The number of hydrogen-bond acceptors (Lipinski definition) is 8. The van der Waals surface area contributed by atoms with Crippen LogP contribution in [0.25, 0.3) is 16.9 Å². The van der Waals surface area contributed by atoms with Gasteiger partial charge >= 0.3 is 0 Å². The van der Waals surface area contributed by atoms with Crippen molar-refractivity contribution in [2.45, 2.75) is 44.3 Å². The largest absolute Gasteiger partial charge is 0.394 e. The van der Waals surface area contributed by atoms with E-state index in [1.54, 1.807) is 31.2 Å². The van der Waals surface area contributed by atoms with Crippen LogP contribution < -0.4 is 0 Å². The number of aliphatic hydroxyl groups is 3. The van der Waals surface area contributed by atoms with E-state index in [1.807, 2.05) is 13.0 Å². The Hall–Kier alpha value is -2.74. The molecular formula is C24H23BrClFN6O4. The van der Waals surface area contributed by atoms with Gasteiger partial charge in [-0.2, -0.15) is 5.10 Å². The molecule has 0 spiro atoms. The molecule has 5 atom stereocenters. The van der Waals surface area contributed by atoms with Crippen molar-refractivity contribution in [3.63, 3.8) is 0 Å². The number of benzene rings is 2. The van der Waals surface area contributed by atoms with E-state index in [0.717, 1.165) is 5.56 Å². The summed E-state index contributed by atoms with van der Waals surface area (Å²) in [4.78, 5) is 4.49. The summed E-state index contributed by atoms with van der Waals surface area (Å²) >= 11 is 9.35. The van der Waals surface area contributed by atoms with Crippen LogP contribution in [0.1, 0.15) is 29.4 Å². The van der Waals surface area contributed by atoms with Crippen LogP contribution in [0.5, 0.6) is 0 Å². The van der Waals surface area contributed by atoms with Crippen LogP contribution in [0.15, 0.2) is 47.1 Å². The minimum Gasteiger partial charge on any atom is -0.394 e. The molecule has 1 fully saturated rings. The van der Waals surface area contributed by atoms with Crippen molar-refractivity contribution in [2.24, 2.45) is 0 Å². The molecule has 5 rings (SSSR count). The summed E-state index contributed by atoms with van der Waals surface area (Å²) in [5.41, 5.74) is 2.30. The Morgan fingerprint density at radius 1 is 1.14 bits per heavy atom. The molecule has 13 heteroatoms. The zero-order valence-corrected chi connectivity index (χ0v) is 22.0. The first kappa shape index (κ1) is 25.9. The third-order valence-corrected chi connectivity index (χ3v) is 7.19. The number of hydrogen-bond donors (Lipinski definition) is 3. The first-order valence-electron chi connectivity index (χ1n) is 11.4.